The fourth-order valence-electron chi connectivity index (χ4n) is 2.54. The molecule has 0 aliphatic rings. The summed E-state index contributed by atoms with van der Waals surface area (Å²) < 4.78 is 6.88. The molecule has 96 valence electrons. The number of nitrogens with zero attached hydrogens (tertiary/aromatic N) is 2. The molecule has 1 atom stereocenters. The highest BCUT2D eigenvalue weighted by Gasteiger charge is 2.40. The second-order valence-electron chi connectivity index (χ2n) is 4.85. The Balaban J connectivity index is 3.33. The first-order valence-electron chi connectivity index (χ1n) is 5.49. The van der Waals surface area contributed by atoms with Crippen LogP contribution in [0, 0.1) is 13.8 Å². The molecule has 0 saturated heterocycles. The number of hydrogen-bond acceptors (Lipinski definition) is 3. The van der Waals surface area contributed by atoms with Crippen molar-refractivity contribution in [3.8, 4) is 0 Å². The Morgan fingerprint density at radius 3 is 2.29 bits per heavy atom. The van der Waals surface area contributed by atoms with E-state index in [0.29, 0.717) is 0 Å². The SMILES string of the molecule is COC(C(=O)O)C(C)(C)c1c(C)nn(C)c1C. The van der Waals surface area contributed by atoms with Crippen LogP contribution in [-0.2, 0) is 22.0 Å². The third-order valence-corrected chi connectivity index (χ3v) is 3.27. The van der Waals surface area contributed by atoms with Gasteiger partial charge in [0, 0.05) is 30.8 Å². The number of rotatable bonds is 4. The normalized spacial score (nSPS) is 13.8. The lowest BCUT2D eigenvalue weighted by atomic mass is 9.78. The molecule has 0 radical (unpaired) electrons. The van der Waals surface area contributed by atoms with Gasteiger partial charge in [-0.25, -0.2) is 4.79 Å². The standard InChI is InChI=1S/C12H20N2O3/c1-7-9(8(2)14(5)13-7)12(3,4)10(17-6)11(15)16/h10H,1-6H3,(H,15,16). The highest BCUT2D eigenvalue weighted by atomic mass is 16.5. The van der Waals surface area contributed by atoms with Crippen molar-refractivity contribution in [2.45, 2.75) is 39.2 Å². The molecule has 0 bridgehead atoms. The highest BCUT2D eigenvalue weighted by molar-refractivity contribution is 5.75. The molecule has 1 N–H and O–H groups in total. The average Bonchev–Trinajstić information content (AvgIpc) is 2.40. The van der Waals surface area contributed by atoms with Crippen LogP contribution in [0.2, 0.25) is 0 Å². The van der Waals surface area contributed by atoms with Gasteiger partial charge in [-0.1, -0.05) is 13.8 Å². The van der Waals surface area contributed by atoms with Crippen LogP contribution in [0.4, 0.5) is 0 Å². The van der Waals surface area contributed by atoms with E-state index in [1.54, 1.807) is 4.68 Å². The minimum absolute atomic E-state index is 0.622. The topological polar surface area (TPSA) is 64.3 Å². The van der Waals surface area contributed by atoms with Gasteiger partial charge in [0.25, 0.3) is 0 Å². The van der Waals surface area contributed by atoms with Gasteiger partial charge in [0.2, 0.25) is 0 Å². The average molecular weight is 240 g/mol. The molecule has 5 heteroatoms. The zero-order chi connectivity index (χ0) is 13.4. The first-order chi connectivity index (χ1) is 7.73. The van der Waals surface area contributed by atoms with Crippen molar-refractivity contribution in [2.24, 2.45) is 7.05 Å². The Hall–Kier alpha value is -1.36. The number of aliphatic carboxylic acids is 1. The van der Waals surface area contributed by atoms with Crippen LogP contribution >= 0.6 is 0 Å². The number of carboxylic acid groups (broad SMARTS) is 1. The van der Waals surface area contributed by atoms with E-state index < -0.39 is 17.5 Å². The summed E-state index contributed by atoms with van der Waals surface area (Å²) in [5.74, 6) is -0.958. The molecule has 0 saturated carbocycles. The molecule has 1 heterocycles. The van der Waals surface area contributed by atoms with Crippen molar-refractivity contribution in [3.05, 3.63) is 17.0 Å². The molecule has 0 aliphatic carbocycles. The molecule has 1 rings (SSSR count). The fourth-order valence-corrected chi connectivity index (χ4v) is 2.54. The quantitative estimate of drug-likeness (QED) is 0.864. The van der Waals surface area contributed by atoms with Gasteiger partial charge in [-0.2, -0.15) is 5.10 Å². The van der Waals surface area contributed by atoms with Crippen LogP contribution in [0.5, 0.6) is 0 Å². The van der Waals surface area contributed by atoms with Gasteiger partial charge in [0.15, 0.2) is 6.10 Å². The number of aryl methyl sites for hydroxylation is 2. The van der Waals surface area contributed by atoms with Crippen LogP contribution in [0.3, 0.4) is 0 Å². The van der Waals surface area contributed by atoms with Crippen molar-refractivity contribution >= 4 is 5.97 Å². The number of carboxylic acids is 1. The van der Waals surface area contributed by atoms with E-state index in [9.17, 15) is 9.90 Å². The number of ether oxygens (including phenoxy) is 1. The predicted octanol–water partition coefficient (Wildman–Crippen LogP) is 1.41. The van der Waals surface area contributed by atoms with Crippen molar-refractivity contribution in [2.75, 3.05) is 7.11 Å². The molecule has 0 spiro atoms. The molecular weight excluding hydrogens is 220 g/mol. The van der Waals surface area contributed by atoms with E-state index >= 15 is 0 Å². The summed E-state index contributed by atoms with van der Waals surface area (Å²) in [6.07, 6.45) is -0.885. The maximum atomic E-state index is 11.2. The predicted molar refractivity (Wildman–Crippen MR) is 64.1 cm³/mol. The summed E-state index contributed by atoms with van der Waals surface area (Å²) >= 11 is 0. The first-order valence-corrected chi connectivity index (χ1v) is 5.49. The Kier molecular flexibility index (Phi) is 3.62. The van der Waals surface area contributed by atoms with Crippen LogP contribution < -0.4 is 0 Å². The monoisotopic (exact) mass is 240 g/mol. The third kappa shape index (κ3) is 2.20. The van der Waals surface area contributed by atoms with E-state index in [4.69, 9.17) is 4.74 Å². The molecule has 0 aliphatic heterocycles. The summed E-state index contributed by atoms with van der Waals surface area (Å²) in [7, 11) is 3.27. The molecule has 1 unspecified atom stereocenters. The first kappa shape index (κ1) is 13.7. The largest absolute Gasteiger partial charge is 0.479 e. The lowest BCUT2D eigenvalue weighted by Gasteiger charge is -2.31. The van der Waals surface area contributed by atoms with E-state index in [0.717, 1.165) is 17.0 Å². The van der Waals surface area contributed by atoms with Gasteiger partial charge >= 0.3 is 5.97 Å². The highest BCUT2D eigenvalue weighted by Crippen LogP contribution is 2.33. The summed E-state index contributed by atoms with van der Waals surface area (Å²) in [4.78, 5) is 11.2. The van der Waals surface area contributed by atoms with E-state index in [1.807, 2.05) is 34.7 Å². The van der Waals surface area contributed by atoms with Gasteiger partial charge in [-0.05, 0) is 13.8 Å². The van der Waals surface area contributed by atoms with Crippen molar-refractivity contribution in [1.82, 2.24) is 9.78 Å². The van der Waals surface area contributed by atoms with Crippen LogP contribution in [0.1, 0.15) is 30.8 Å². The summed E-state index contributed by atoms with van der Waals surface area (Å²) in [5.41, 5.74) is 2.13. The third-order valence-electron chi connectivity index (χ3n) is 3.27. The van der Waals surface area contributed by atoms with Crippen molar-refractivity contribution in [3.63, 3.8) is 0 Å². The minimum atomic E-state index is -0.958. The lowest BCUT2D eigenvalue weighted by Crippen LogP contribution is -2.42. The van der Waals surface area contributed by atoms with Gasteiger partial charge in [0.05, 0.1) is 5.69 Å². The summed E-state index contributed by atoms with van der Waals surface area (Å²) in [6, 6.07) is 0. The van der Waals surface area contributed by atoms with Gasteiger partial charge < -0.3 is 9.84 Å². The molecule has 0 amide bonds. The second-order valence-corrected chi connectivity index (χ2v) is 4.85. The second kappa shape index (κ2) is 4.49. The van der Waals surface area contributed by atoms with Gasteiger partial charge in [-0.15, -0.1) is 0 Å². The summed E-state index contributed by atoms with van der Waals surface area (Å²) in [5, 5.41) is 13.5. The maximum Gasteiger partial charge on any atom is 0.333 e. The van der Waals surface area contributed by atoms with E-state index in [1.165, 1.54) is 7.11 Å². The Bertz CT molecular complexity index is 435. The zero-order valence-electron chi connectivity index (χ0n) is 11.2. The fraction of sp³-hybridized carbons (Fsp3) is 0.667. The Labute approximate surface area is 101 Å². The van der Waals surface area contributed by atoms with Gasteiger partial charge in [-0.3, -0.25) is 4.68 Å². The molecule has 0 aromatic carbocycles. The molecule has 1 aromatic rings. The zero-order valence-corrected chi connectivity index (χ0v) is 11.2. The Morgan fingerprint density at radius 1 is 1.47 bits per heavy atom. The smallest absolute Gasteiger partial charge is 0.333 e. The van der Waals surface area contributed by atoms with E-state index in [-0.39, 0.29) is 0 Å². The maximum absolute atomic E-state index is 11.2. The Morgan fingerprint density at radius 2 is 2.00 bits per heavy atom. The summed E-state index contributed by atoms with van der Waals surface area (Å²) in [6.45, 7) is 7.56. The number of aromatic nitrogens is 2. The van der Waals surface area contributed by atoms with Crippen LogP contribution in [-0.4, -0.2) is 34.1 Å². The number of methoxy groups -OCH3 is 1. The minimum Gasteiger partial charge on any atom is -0.479 e. The van der Waals surface area contributed by atoms with Gasteiger partial charge in [0.1, 0.15) is 0 Å². The van der Waals surface area contributed by atoms with Crippen molar-refractivity contribution < 1.29 is 14.6 Å². The molecular formula is C12H20N2O3. The number of hydrogen-bond donors (Lipinski definition) is 1. The van der Waals surface area contributed by atoms with E-state index in [2.05, 4.69) is 5.10 Å². The molecule has 1 aromatic heterocycles. The molecule has 5 nitrogen and oxygen atoms in total. The molecule has 0 fully saturated rings. The lowest BCUT2D eigenvalue weighted by molar-refractivity contribution is -0.152. The van der Waals surface area contributed by atoms with Crippen molar-refractivity contribution in [1.29, 1.82) is 0 Å². The molecule has 17 heavy (non-hydrogen) atoms. The number of carbonyl (C=O) groups is 1. The van der Waals surface area contributed by atoms with Crippen LogP contribution in [0.15, 0.2) is 0 Å². The van der Waals surface area contributed by atoms with Crippen LogP contribution in [0.25, 0.3) is 0 Å².